The molecule has 4 nitrogen and oxygen atoms in total. The molecule has 0 saturated heterocycles. The van der Waals surface area contributed by atoms with E-state index in [2.05, 4.69) is 4.72 Å². The van der Waals surface area contributed by atoms with Crippen molar-refractivity contribution >= 4 is 10.0 Å². The van der Waals surface area contributed by atoms with Crippen LogP contribution < -0.4 is 9.46 Å². The Labute approximate surface area is 127 Å². The van der Waals surface area contributed by atoms with E-state index in [1.165, 1.54) is 25.3 Å². The predicted molar refractivity (Wildman–Crippen MR) is 78.1 cm³/mol. The first-order valence-corrected chi connectivity index (χ1v) is 7.90. The third-order valence-electron chi connectivity index (χ3n) is 3.14. The molecule has 0 fully saturated rings. The molecule has 1 N–H and O–H groups in total. The Hall–Kier alpha value is -1.99. The molecule has 0 aliphatic heterocycles. The maximum Gasteiger partial charge on any atom is 0.240 e. The van der Waals surface area contributed by atoms with E-state index in [1.54, 1.807) is 13.0 Å². The van der Waals surface area contributed by atoms with Crippen molar-refractivity contribution in [1.82, 2.24) is 4.72 Å². The number of hydrogen-bond donors (Lipinski definition) is 1. The summed E-state index contributed by atoms with van der Waals surface area (Å²) in [6, 6.07) is 7.39. The van der Waals surface area contributed by atoms with Crippen LogP contribution in [0.5, 0.6) is 5.75 Å². The van der Waals surface area contributed by atoms with Gasteiger partial charge in [-0.3, -0.25) is 0 Å². The Balaban J connectivity index is 2.19. The molecule has 0 radical (unpaired) electrons. The number of sulfonamides is 1. The second-order valence-electron chi connectivity index (χ2n) is 4.69. The van der Waals surface area contributed by atoms with E-state index in [9.17, 15) is 17.2 Å². The van der Waals surface area contributed by atoms with E-state index in [4.69, 9.17) is 4.74 Å². The van der Waals surface area contributed by atoms with Gasteiger partial charge in [-0.2, -0.15) is 0 Å². The summed E-state index contributed by atoms with van der Waals surface area (Å²) >= 11 is 0. The zero-order chi connectivity index (χ0) is 16.3. The van der Waals surface area contributed by atoms with Crippen LogP contribution in [0.15, 0.2) is 41.3 Å². The Morgan fingerprint density at radius 3 is 2.45 bits per heavy atom. The summed E-state index contributed by atoms with van der Waals surface area (Å²) in [5.41, 5.74) is 0.730. The summed E-state index contributed by atoms with van der Waals surface area (Å²) < 4.78 is 58.0. The van der Waals surface area contributed by atoms with Crippen molar-refractivity contribution in [3.8, 4) is 5.75 Å². The minimum absolute atomic E-state index is 0.0494. The smallest absolute Gasteiger partial charge is 0.240 e. The van der Waals surface area contributed by atoms with Crippen LogP contribution in [0, 0.1) is 18.6 Å². The topological polar surface area (TPSA) is 55.4 Å². The first-order valence-electron chi connectivity index (χ1n) is 6.42. The van der Waals surface area contributed by atoms with Crippen LogP contribution in [-0.4, -0.2) is 15.5 Å². The van der Waals surface area contributed by atoms with Gasteiger partial charge < -0.3 is 4.74 Å². The number of rotatable bonds is 5. The monoisotopic (exact) mass is 327 g/mol. The highest BCUT2D eigenvalue weighted by Crippen LogP contribution is 2.21. The molecule has 0 aliphatic carbocycles. The van der Waals surface area contributed by atoms with Crippen molar-refractivity contribution in [3.63, 3.8) is 0 Å². The number of aryl methyl sites for hydroxylation is 1. The highest BCUT2D eigenvalue weighted by molar-refractivity contribution is 7.89. The summed E-state index contributed by atoms with van der Waals surface area (Å²) in [7, 11) is -2.31. The molecule has 0 heterocycles. The lowest BCUT2D eigenvalue weighted by molar-refractivity contribution is 0.411. The molecule has 0 bridgehead atoms. The van der Waals surface area contributed by atoms with Crippen LogP contribution in [0.4, 0.5) is 8.78 Å². The van der Waals surface area contributed by atoms with Gasteiger partial charge in [0, 0.05) is 18.2 Å². The second-order valence-corrected chi connectivity index (χ2v) is 6.46. The zero-order valence-corrected chi connectivity index (χ0v) is 12.9. The van der Waals surface area contributed by atoms with Gasteiger partial charge in [-0.1, -0.05) is 6.07 Å². The van der Waals surface area contributed by atoms with Gasteiger partial charge >= 0.3 is 0 Å². The largest absolute Gasteiger partial charge is 0.496 e. The molecule has 0 amide bonds. The van der Waals surface area contributed by atoms with Crippen LogP contribution in [0.1, 0.15) is 11.1 Å². The van der Waals surface area contributed by atoms with E-state index in [-0.39, 0.29) is 17.0 Å². The van der Waals surface area contributed by atoms with Gasteiger partial charge in [-0.15, -0.1) is 0 Å². The minimum Gasteiger partial charge on any atom is -0.496 e. The van der Waals surface area contributed by atoms with Gasteiger partial charge in [0.05, 0.1) is 12.0 Å². The van der Waals surface area contributed by atoms with Crippen molar-refractivity contribution < 1.29 is 21.9 Å². The molecule has 118 valence electrons. The maximum absolute atomic E-state index is 13.5. The number of halogens is 2. The Morgan fingerprint density at radius 1 is 1.14 bits per heavy atom. The van der Waals surface area contributed by atoms with Crippen molar-refractivity contribution in [1.29, 1.82) is 0 Å². The number of hydrogen-bond acceptors (Lipinski definition) is 3. The molecule has 2 aromatic carbocycles. The first-order chi connectivity index (χ1) is 10.3. The summed E-state index contributed by atoms with van der Waals surface area (Å²) in [6.45, 7) is 1.46. The number of benzene rings is 2. The van der Waals surface area contributed by atoms with E-state index < -0.39 is 21.7 Å². The summed E-state index contributed by atoms with van der Waals surface area (Å²) in [5, 5.41) is 0. The van der Waals surface area contributed by atoms with E-state index in [0.29, 0.717) is 17.4 Å². The Bertz CT molecular complexity index is 791. The van der Waals surface area contributed by atoms with Gasteiger partial charge in [-0.25, -0.2) is 21.9 Å². The number of methoxy groups -OCH3 is 1. The van der Waals surface area contributed by atoms with Crippen molar-refractivity contribution in [2.45, 2.75) is 18.4 Å². The van der Waals surface area contributed by atoms with Gasteiger partial charge in [0.15, 0.2) is 0 Å². The fourth-order valence-electron chi connectivity index (χ4n) is 1.94. The SMILES string of the molecule is COc1ccc(S(=O)(=O)NCc2ccc(F)cc2F)cc1C. The first kappa shape index (κ1) is 16.4. The maximum atomic E-state index is 13.5. The Morgan fingerprint density at radius 2 is 1.86 bits per heavy atom. The quantitative estimate of drug-likeness (QED) is 0.919. The van der Waals surface area contributed by atoms with E-state index in [0.717, 1.165) is 6.07 Å². The minimum atomic E-state index is -3.80. The highest BCUT2D eigenvalue weighted by atomic mass is 32.2. The van der Waals surface area contributed by atoms with Crippen molar-refractivity contribution in [2.24, 2.45) is 0 Å². The summed E-state index contributed by atoms with van der Waals surface area (Å²) in [6.07, 6.45) is 0. The highest BCUT2D eigenvalue weighted by Gasteiger charge is 2.16. The molecule has 0 saturated carbocycles. The zero-order valence-electron chi connectivity index (χ0n) is 12.1. The Kier molecular flexibility index (Phi) is 4.77. The standard InChI is InChI=1S/C15H15F2NO3S/c1-10-7-13(5-6-15(10)21-2)22(19,20)18-9-11-3-4-12(16)8-14(11)17/h3-8,18H,9H2,1-2H3. The van der Waals surface area contributed by atoms with Crippen LogP contribution >= 0.6 is 0 Å². The van der Waals surface area contributed by atoms with Gasteiger partial charge in [-0.05, 0) is 36.8 Å². The molecule has 0 aromatic heterocycles. The normalized spacial score (nSPS) is 11.5. The number of ether oxygens (including phenoxy) is 1. The van der Waals surface area contributed by atoms with Crippen LogP contribution in [0.25, 0.3) is 0 Å². The third-order valence-corrected chi connectivity index (χ3v) is 4.54. The molecule has 7 heteroatoms. The lowest BCUT2D eigenvalue weighted by atomic mass is 10.2. The average Bonchev–Trinajstić information content (AvgIpc) is 2.46. The molecule has 2 rings (SSSR count). The number of nitrogens with one attached hydrogen (secondary N) is 1. The molecular formula is C15H15F2NO3S. The van der Waals surface area contributed by atoms with Crippen LogP contribution in [0.3, 0.4) is 0 Å². The summed E-state index contributed by atoms with van der Waals surface area (Å²) in [4.78, 5) is 0.0494. The van der Waals surface area contributed by atoms with Crippen molar-refractivity contribution in [2.75, 3.05) is 7.11 Å². The second kappa shape index (κ2) is 6.41. The average molecular weight is 327 g/mol. The third kappa shape index (κ3) is 3.61. The van der Waals surface area contributed by atoms with E-state index >= 15 is 0 Å². The molecule has 0 unspecified atom stereocenters. The van der Waals surface area contributed by atoms with Crippen LogP contribution in [-0.2, 0) is 16.6 Å². The predicted octanol–water partition coefficient (Wildman–Crippen LogP) is 2.76. The lowest BCUT2D eigenvalue weighted by Gasteiger charge is -2.10. The van der Waals surface area contributed by atoms with E-state index in [1.807, 2.05) is 0 Å². The van der Waals surface area contributed by atoms with Crippen molar-refractivity contribution in [3.05, 3.63) is 59.2 Å². The molecule has 0 spiro atoms. The fourth-order valence-corrected chi connectivity index (χ4v) is 3.03. The van der Waals surface area contributed by atoms with Crippen LogP contribution in [0.2, 0.25) is 0 Å². The van der Waals surface area contributed by atoms with Gasteiger partial charge in [0.2, 0.25) is 10.0 Å². The van der Waals surface area contributed by atoms with Gasteiger partial charge in [0.25, 0.3) is 0 Å². The molecule has 2 aromatic rings. The lowest BCUT2D eigenvalue weighted by Crippen LogP contribution is -2.23. The van der Waals surface area contributed by atoms with Gasteiger partial charge in [0.1, 0.15) is 17.4 Å². The summed E-state index contributed by atoms with van der Waals surface area (Å²) in [5.74, 6) is -0.938. The molecule has 22 heavy (non-hydrogen) atoms. The fraction of sp³-hybridized carbons (Fsp3) is 0.200. The molecular weight excluding hydrogens is 312 g/mol. The molecule has 0 atom stereocenters. The molecule has 0 aliphatic rings.